The van der Waals surface area contributed by atoms with Crippen LogP contribution in [0.15, 0.2) is 36.9 Å². The van der Waals surface area contributed by atoms with Crippen LogP contribution in [-0.2, 0) is 0 Å². The van der Waals surface area contributed by atoms with Gasteiger partial charge in [-0.15, -0.1) is 6.58 Å². The number of unbranched alkanes of at least 4 members (excludes halogenated alkanes) is 3. The van der Waals surface area contributed by atoms with Gasteiger partial charge in [0.25, 0.3) is 0 Å². The van der Waals surface area contributed by atoms with Gasteiger partial charge in [0.05, 0.1) is 0 Å². The monoisotopic (exact) mass is 243 g/mol. The number of benzene rings is 1. The van der Waals surface area contributed by atoms with E-state index in [9.17, 15) is 4.79 Å². The van der Waals surface area contributed by atoms with E-state index in [2.05, 4.69) is 17.5 Å². The molecule has 0 radical (unpaired) electrons. The van der Waals surface area contributed by atoms with Gasteiger partial charge < -0.3 is 4.90 Å². The number of hydrogen-bond donors (Lipinski definition) is 0. The number of rotatable bonds is 6. The van der Waals surface area contributed by atoms with Crippen molar-refractivity contribution >= 4 is 11.5 Å². The number of hydrogen-bond acceptors (Lipinski definition) is 2. The summed E-state index contributed by atoms with van der Waals surface area (Å²) in [5.41, 5.74) is 2.02. The van der Waals surface area contributed by atoms with Crippen LogP contribution in [0.3, 0.4) is 0 Å². The van der Waals surface area contributed by atoms with Gasteiger partial charge in [0.2, 0.25) is 0 Å². The molecule has 0 bridgehead atoms. The van der Waals surface area contributed by atoms with Crippen LogP contribution in [0, 0.1) is 0 Å². The first kappa shape index (κ1) is 12.9. The summed E-state index contributed by atoms with van der Waals surface area (Å²) in [5.74, 6) is 0.286. The zero-order chi connectivity index (χ0) is 12.8. The van der Waals surface area contributed by atoms with Gasteiger partial charge in [0.1, 0.15) is 0 Å². The second-order valence-corrected chi connectivity index (χ2v) is 4.82. The quantitative estimate of drug-likeness (QED) is 0.559. The van der Waals surface area contributed by atoms with Gasteiger partial charge in [-0.2, -0.15) is 0 Å². The van der Waals surface area contributed by atoms with Gasteiger partial charge in [-0.05, 0) is 31.4 Å². The summed E-state index contributed by atoms with van der Waals surface area (Å²) in [6, 6.07) is 7.98. The van der Waals surface area contributed by atoms with E-state index in [0.29, 0.717) is 6.42 Å². The maximum atomic E-state index is 11.8. The van der Waals surface area contributed by atoms with E-state index in [-0.39, 0.29) is 5.78 Å². The van der Waals surface area contributed by atoms with E-state index < -0.39 is 0 Å². The number of carbonyl (C=O) groups is 1. The molecule has 0 atom stereocenters. The van der Waals surface area contributed by atoms with E-state index in [1.807, 2.05) is 24.3 Å². The molecule has 0 amide bonds. The molecule has 2 nitrogen and oxygen atoms in total. The van der Waals surface area contributed by atoms with Crippen LogP contribution in [0.1, 0.15) is 42.5 Å². The molecule has 1 aromatic carbocycles. The minimum Gasteiger partial charge on any atom is -0.370 e. The molecule has 2 rings (SSSR count). The van der Waals surface area contributed by atoms with Crippen LogP contribution in [-0.4, -0.2) is 18.9 Å². The molecule has 0 unspecified atom stereocenters. The van der Waals surface area contributed by atoms with E-state index in [1.54, 1.807) is 0 Å². The predicted molar refractivity (Wildman–Crippen MR) is 76.3 cm³/mol. The third-order valence-electron chi connectivity index (χ3n) is 3.49. The Morgan fingerprint density at radius 3 is 2.89 bits per heavy atom. The number of anilines is 1. The molecule has 0 fully saturated rings. The molecule has 96 valence electrons. The summed E-state index contributed by atoms with van der Waals surface area (Å²) in [4.78, 5) is 14.2. The molecule has 2 heteroatoms. The second kappa shape index (κ2) is 6.39. The zero-order valence-corrected chi connectivity index (χ0v) is 10.9. The summed E-state index contributed by atoms with van der Waals surface area (Å²) in [6.07, 6.45) is 7.39. The molecule has 1 aromatic rings. The standard InChI is InChI=1S/C16H21NO/c1-2-3-4-5-8-12-17-13-11-16(18)14-9-6-7-10-15(14)17/h2,6-7,9-10H,1,3-5,8,11-13H2. The number of allylic oxidation sites excluding steroid dienone is 1. The fraction of sp³-hybridized carbons (Fsp3) is 0.438. The highest BCUT2D eigenvalue weighted by atomic mass is 16.1. The SMILES string of the molecule is C=CCCCCCN1CCC(=O)c2ccccc21. The number of nitrogens with zero attached hydrogens (tertiary/aromatic N) is 1. The lowest BCUT2D eigenvalue weighted by atomic mass is 10.00. The molecular formula is C16H21NO. The highest BCUT2D eigenvalue weighted by Crippen LogP contribution is 2.26. The molecule has 0 aliphatic carbocycles. The van der Waals surface area contributed by atoms with Crippen molar-refractivity contribution in [3.05, 3.63) is 42.5 Å². The lowest BCUT2D eigenvalue weighted by Gasteiger charge is -2.30. The first-order valence-electron chi connectivity index (χ1n) is 6.81. The van der Waals surface area contributed by atoms with Crippen molar-refractivity contribution in [3.8, 4) is 0 Å². The molecule has 0 aromatic heterocycles. The predicted octanol–water partition coefficient (Wildman–Crippen LogP) is 3.83. The van der Waals surface area contributed by atoms with Crippen molar-refractivity contribution in [1.29, 1.82) is 0 Å². The van der Waals surface area contributed by atoms with Crippen molar-refractivity contribution in [3.63, 3.8) is 0 Å². The maximum absolute atomic E-state index is 11.8. The summed E-state index contributed by atoms with van der Waals surface area (Å²) in [7, 11) is 0. The number of carbonyl (C=O) groups excluding carboxylic acids is 1. The van der Waals surface area contributed by atoms with Crippen LogP contribution in [0.25, 0.3) is 0 Å². The van der Waals surface area contributed by atoms with Crippen molar-refractivity contribution in [2.45, 2.75) is 32.1 Å². The third kappa shape index (κ3) is 3.00. The summed E-state index contributed by atoms with van der Waals surface area (Å²) in [6.45, 7) is 5.67. The minimum atomic E-state index is 0.286. The molecule has 0 saturated heterocycles. The number of fused-ring (bicyclic) bond motifs is 1. The topological polar surface area (TPSA) is 20.3 Å². The van der Waals surface area contributed by atoms with Gasteiger partial charge in [-0.3, -0.25) is 4.79 Å². The van der Waals surface area contributed by atoms with E-state index in [4.69, 9.17) is 0 Å². The van der Waals surface area contributed by atoms with Crippen LogP contribution in [0.4, 0.5) is 5.69 Å². The normalized spacial score (nSPS) is 14.4. The van der Waals surface area contributed by atoms with Crippen molar-refractivity contribution in [2.75, 3.05) is 18.0 Å². The van der Waals surface area contributed by atoms with Crippen LogP contribution in [0.2, 0.25) is 0 Å². The fourth-order valence-corrected chi connectivity index (χ4v) is 2.48. The number of Topliss-reactive ketones (excluding diaryl/α,β-unsaturated/α-hetero) is 1. The van der Waals surface area contributed by atoms with Gasteiger partial charge in [0.15, 0.2) is 5.78 Å². The third-order valence-corrected chi connectivity index (χ3v) is 3.49. The van der Waals surface area contributed by atoms with E-state index in [1.165, 1.54) is 19.3 Å². The molecule has 1 aliphatic rings. The van der Waals surface area contributed by atoms with E-state index in [0.717, 1.165) is 30.8 Å². The molecule has 0 N–H and O–H groups in total. The van der Waals surface area contributed by atoms with Crippen LogP contribution >= 0.6 is 0 Å². The Kier molecular flexibility index (Phi) is 4.57. The Labute approximate surface area is 109 Å². The Balaban J connectivity index is 1.92. The van der Waals surface area contributed by atoms with Crippen LogP contribution in [0.5, 0.6) is 0 Å². The van der Waals surface area contributed by atoms with Crippen molar-refractivity contribution in [2.24, 2.45) is 0 Å². The molecule has 0 saturated carbocycles. The Hall–Kier alpha value is -1.57. The lowest BCUT2D eigenvalue weighted by Crippen LogP contribution is -2.32. The molecule has 1 aliphatic heterocycles. The molecule has 0 spiro atoms. The van der Waals surface area contributed by atoms with Crippen LogP contribution < -0.4 is 4.90 Å². The average molecular weight is 243 g/mol. The van der Waals surface area contributed by atoms with Crippen molar-refractivity contribution < 1.29 is 4.79 Å². The Morgan fingerprint density at radius 1 is 1.22 bits per heavy atom. The van der Waals surface area contributed by atoms with E-state index >= 15 is 0 Å². The van der Waals surface area contributed by atoms with Gasteiger partial charge in [-0.25, -0.2) is 0 Å². The van der Waals surface area contributed by atoms with Gasteiger partial charge in [-0.1, -0.05) is 24.6 Å². The number of para-hydroxylation sites is 1. The Bertz CT molecular complexity index is 425. The fourth-order valence-electron chi connectivity index (χ4n) is 2.48. The second-order valence-electron chi connectivity index (χ2n) is 4.82. The lowest BCUT2D eigenvalue weighted by molar-refractivity contribution is 0.0980. The van der Waals surface area contributed by atoms with Crippen molar-refractivity contribution in [1.82, 2.24) is 0 Å². The highest BCUT2D eigenvalue weighted by molar-refractivity contribution is 6.03. The molecule has 18 heavy (non-hydrogen) atoms. The first-order chi connectivity index (χ1) is 8.83. The maximum Gasteiger partial charge on any atom is 0.166 e. The smallest absolute Gasteiger partial charge is 0.166 e. The largest absolute Gasteiger partial charge is 0.370 e. The molecular weight excluding hydrogens is 222 g/mol. The Morgan fingerprint density at radius 2 is 2.06 bits per heavy atom. The highest BCUT2D eigenvalue weighted by Gasteiger charge is 2.21. The molecule has 1 heterocycles. The zero-order valence-electron chi connectivity index (χ0n) is 10.9. The number of ketones is 1. The van der Waals surface area contributed by atoms with Gasteiger partial charge >= 0.3 is 0 Å². The van der Waals surface area contributed by atoms with Gasteiger partial charge in [0, 0.05) is 30.8 Å². The summed E-state index contributed by atoms with van der Waals surface area (Å²) >= 11 is 0. The average Bonchev–Trinajstić information content (AvgIpc) is 2.41. The first-order valence-corrected chi connectivity index (χ1v) is 6.81. The minimum absolute atomic E-state index is 0.286. The summed E-state index contributed by atoms with van der Waals surface area (Å²) in [5, 5.41) is 0. The summed E-state index contributed by atoms with van der Waals surface area (Å²) < 4.78 is 0.